The van der Waals surface area contributed by atoms with E-state index in [1.807, 2.05) is 0 Å². The Hall–Kier alpha value is -1.21. The Morgan fingerprint density at radius 2 is 2.00 bits per heavy atom. The Morgan fingerprint density at radius 3 is 2.58 bits per heavy atom. The Labute approximate surface area is 117 Å². The molecule has 1 aromatic carbocycles. The molecule has 0 radical (unpaired) electrons. The number of sulfonamides is 1. The van der Waals surface area contributed by atoms with Gasteiger partial charge in [-0.3, -0.25) is 4.72 Å². The maximum absolute atomic E-state index is 13.7. The average molecular weight is 302 g/mol. The van der Waals surface area contributed by atoms with E-state index >= 15 is 0 Å². The molecule has 4 nitrogen and oxygen atoms in total. The summed E-state index contributed by atoms with van der Waals surface area (Å²) in [5.74, 6) is -0.626. The van der Waals surface area contributed by atoms with Crippen LogP contribution in [0.1, 0.15) is 31.2 Å². The highest BCUT2D eigenvalue weighted by atomic mass is 32.2. The zero-order valence-corrected chi connectivity index (χ0v) is 11.9. The topological polar surface area (TPSA) is 72.2 Å². The van der Waals surface area contributed by atoms with Crippen LogP contribution < -0.4 is 10.5 Å². The zero-order valence-electron chi connectivity index (χ0n) is 10.2. The number of benzene rings is 1. The SMILES string of the molecule is NC(=S)c1c(F)cccc1NS(=O)(=O)C1CCCC1. The summed E-state index contributed by atoms with van der Waals surface area (Å²) in [6.07, 6.45) is 3.06. The lowest BCUT2D eigenvalue weighted by Gasteiger charge is -2.16. The first-order chi connectivity index (χ1) is 8.92. The first-order valence-electron chi connectivity index (χ1n) is 6.02. The number of nitrogens with one attached hydrogen (secondary N) is 1. The van der Waals surface area contributed by atoms with E-state index < -0.39 is 21.1 Å². The van der Waals surface area contributed by atoms with Crippen LogP contribution in [0.4, 0.5) is 10.1 Å². The second-order valence-corrected chi connectivity index (χ2v) is 6.98. The van der Waals surface area contributed by atoms with E-state index in [2.05, 4.69) is 4.72 Å². The molecule has 0 saturated heterocycles. The molecule has 1 fully saturated rings. The van der Waals surface area contributed by atoms with Crippen molar-refractivity contribution in [2.24, 2.45) is 5.73 Å². The van der Waals surface area contributed by atoms with Gasteiger partial charge in [-0.25, -0.2) is 12.8 Å². The highest BCUT2D eigenvalue weighted by Crippen LogP contribution is 2.28. The number of thiocarbonyl (C=S) groups is 1. The van der Waals surface area contributed by atoms with Gasteiger partial charge in [0.15, 0.2) is 0 Å². The van der Waals surface area contributed by atoms with Gasteiger partial charge >= 0.3 is 0 Å². The molecule has 0 spiro atoms. The molecule has 0 heterocycles. The smallest absolute Gasteiger partial charge is 0.235 e. The highest BCUT2D eigenvalue weighted by molar-refractivity contribution is 7.93. The van der Waals surface area contributed by atoms with Crippen molar-refractivity contribution in [1.82, 2.24) is 0 Å². The fraction of sp³-hybridized carbons (Fsp3) is 0.417. The van der Waals surface area contributed by atoms with Gasteiger partial charge in [0.2, 0.25) is 10.0 Å². The highest BCUT2D eigenvalue weighted by Gasteiger charge is 2.29. The molecule has 0 aliphatic heterocycles. The summed E-state index contributed by atoms with van der Waals surface area (Å²) in [6.45, 7) is 0. The molecule has 1 aliphatic carbocycles. The largest absolute Gasteiger partial charge is 0.389 e. The van der Waals surface area contributed by atoms with Crippen molar-refractivity contribution in [1.29, 1.82) is 0 Å². The van der Waals surface area contributed by atoms with Crippen LogP contribution in [0, 0.1) is 5.82 Å². The fourth-order valence-electron chi connectivity index (χ4n) is 2.29. The average Bonchev–Trinajstić information content (AvgIpc) is 2.81. The molecule has 7 heteroatoms. The van der Waals surface area contributed by atoms with E-state index in [9.17, 15) is 12.8 Å². The third kappa shape index (κ3) is 3.03. The lowest BCUT2D eigenvalue weighted by atomic mass is 10.2. The minimum absolute atomic E-state index is 0.0564. The molecule has 0 aromatic heterocycles. The van der Waals surface area contributed by atoms with E-state index in [1.54, 1.807) is 0 Å². The molecule has 1 aliphatic rings. The van der Waals surface area contributed by atoms with E-state index in [-0.39, 0.29) is 16.2 Å². The standard InChI is InChI=1S/C12H15FN2O2S2/c13-9-6-3-7-10(11(9)12(14)18)15-19(16,17)8-4-1-2-5-8/h3,6-8,15H,1-2,4-5H2,(H2,14,18). The third-order valence-corrected chi connectivity index (χ3v) is 5.31. The number of halogens is 1. The summed E-state index contributed by atoms with van der Waals surface area (Å²) >= 11 is 4.76. The molecule has 104 valence electrons. The number of nitrogens with two attached hydrogens (primary N) is 1. The molecule has 0 bridgehead atoms. The lowest BCUT2D eigenvalue weighted by Crippen LogP contribution is -2.27. The summed E-state index contributed by atoms with van der Waals surface area (Å²) in [7, 11) is -3.52. The Kier molecular flexibility index (Phi) is 4.05. The number of anilines is 1. The van der Waals surface area contributed by atoms with Crippen molar-refractivity contribution in [2.45, 2.75) is 30.9 Å². The number of rotatable bonds is 4. The van der Waals surface area contributed by atoms with Gasteiger partial charge in [0.05, 0.1) is 16.5 Å². The minimum atomic E-state index is -3.52. The summed E-state index contributed by atoms with van der Waals surface area (Å²) < 4.78 is 40.4. The van der Waals surface area contributed by atoms with Gasteiger partial charge in [-0.15, -0.1) is 0 Å². The van der Waals surface area contributed by atoms with Crippen molar-refractivity contribution < 1.29 is 12.8 Å². The predicted molar refractivity (Wildman–Crippen MR) is 77.1 cm³/mol. The summed E-state index contributed by atoms with van der Waals surface area (Å²) in [5.41, 5.74) is 5.50. The molecule has 0 unspecified atom stereocenters. The van der Waals surface area contributed by atoms with E-state index in [1.165, 1.54) is 18.2 Å². The molecule has 2 rings (SSSR count). The maximum Gasteiger partial charge on any atom is 0.235 e. The summed E-state index contributed by atoms with van der Waals surface area (Å²) in [6, 6.07) is 4.08. The van der Waals surface area contributed by atoms with Crippen LogP contribution in [-0.4, -0.2) is 18.7 Å². The minimum Gasteiger partial charge on any atom is -0.389 e. The van der Waals surface area contributed by atoms with E-state index in [0.717, 1.165) is 12.8 Å². The second-order valence-electron chi connectivity index (χ2n) is 4.58. The molecule has 1 aromatic rings. The van der Waals surface area contributed by atoms with Crippen molar-refractivity contribution in [3.63, 3.8) is 0 Å². The zero-order chi connectivity index (χ0) is 14.0. The number of hydrogen-bond acceptors (Lipinski definition) is 3. The third-order valence-electron chi connectivity index (χ3n) is 3.25. The van der Waals surface area contributed by atoms with Gasteiger partial charge in [-0.1, -0.05) is 31.1 Å². The Bertz CT molecular complexity index is 596. The monoisotopic (exact) mass is 302 g/mol. The molecular formula is C12H15FN2O2S2. The molecule has 3 N–H and O–H groups in total. The van der Waals surface area contributed by atoms with Crippen LogP contribution in [-0.2, 0) is 10.0 Å². The van der Waals surface area contributed by atoms with Gasteiger partial charge in [-0.2, -0.15) is 0 Å². The van der Waals surface area contributed by atoms with E-state index in [4.69, 9.17) is 18.0 Å². The molecule has 19 heavy (non-hydrogen) atoms. The van der Waals surface area contributed by atoms with Gasteiger partial charge in [-0.05, 0) is 25.0 Å². The van der Waals surface area contributed by atoms with Gasteiger partial charge in [0.25, 0.3) is 0 Å². The molecule has 0 atom stereocenters. The summed E-state index contributed by atoms with van der Waals surface area (Å²) in [5, 5.41) is -0.421. The fourth-order valence-corrected chi connectivity index (χ4v) is 4.10. The van der Waals surface area contributed by atoms with Crippen molar-refractivity contribution in [3.05, 3.63) is 29.6 Å². The van der Waals surface area contributed by atoms with Crippen molar-refractivity contribution in [2.75, 3.05) is 4.72 Å². The van der Waals surface area contributed by atoms with Crippen LogP contribution in [0.15, 0.2) is 18.2 Å². The maximum atomic E-state index is 13.7. The molecule has 0 amide bonds. The van der Waals surface area contributed by atoms with Crippen LogP contribution in [0.3, 0.4) is 0 Å². The van der Waals surface area contributed by atoms with Gasteiger partial charge in [0.1, 0.15) is 10.8 Å². The second kappa shape index (κ2) is 5.42. The van der Waals surface area contributed by atoms with Gasteiger partial charge in [0, 0.05) is 0 Å². The normalized spacial score (nSPS) is 16.5. The van der Waals surface area contributed by atoms with Crippen LogP contribution in [0.2, 0.25) is 0 Å². The Morgan fingerprint density at radius 1 is 1.37 bits per heavy atom. The first kappa shape index (κ1) is 14.2. The predicted octanol–water partition coefficient (Wildman–Crippen LogP) is 2.14. The van der Waals surface area contributed by atoms with Crippen molar-refractivity contribution >= 4 is 32.9 Å². The number of hydrogen-bond donors (Lipinski definition) is 2. The van der Waals surface area contributed by atoms with E-state index in [0.29, 0.717) is 12.8 Å². The van der Waals surface area contributed by atoms with Crippen LogP contribution in [0.5, 0.6) is 0 Å². The summed E-state index contributed by atoms with van der Waals surface area (Å²) in [4.78, 5) is -0.165. The molecule has 1 saturated carbocycles. The Balaban J connectivity index is 2.33. The first-order valence-corrected chi connectivity index (χ1v) is 7.97. The van der Waals surface area contributed by atoms with Crippen LogP contribution in [0.25, 0.3) is 0 Å². The van der Waals surface area contributed by atoms with Gasteiger partial charge < -0.3 is 5.73 Å². The van der Waals surface area contributed by atoms with Crippen LogP contribution >= 0.6 is 12.2 Å². The van der Waals surface area contributed by atoms with Crippen molar-refractivity contribution in [3.8, 4) is 0 Å². The molecular weight excluding hydrogens is 287 g/mol. The lowest BCUT2D eigenvalue weighted by molar-refractivity contribution is 0.585. The quantitative estimate of drug-likeness (QED) is 0.836.